The Morgan fingerprint density at radius 3 is 2.83 bits per heavy atom. The molecule has 18 heavy (non-hydrogen) atoms. The Labute approximate surface area is 107 Å². The summed E-state index contributed by atoms with van der Waals surface area (Å²) in [5.74, 6) is 0.923. The first kappa shape index (κ1) is 12.5. The fourth-order valence-corrected chi connectivity index (χ4v) is 1.82. The summed E-state index contributed by atoms with van der Waals surface area (Å²) in [6.07, 6.45) is 6.52. The fraction of sp³-hybridized carbons (Fsp3) is 0.357. The third kappa shape index (κ3) is 3.03. The Hall–Kier alpha value is -1.97. The monoisotopic (exact) mass is 245 g/mol. The lowest BCUT2D eigenvalue weighted by Gasteiger charge is -2.11. The molecule has 0 saturated carbocycles. The second-order valence-corrected chi connectivity index (χ2v) is 4.48. The summed E-state index contributed by atoms with van der Waals surface area (Å²) in [5.41, 5.74) is 8.80. The zero-order valence-electron chi connectivity index (χ0n) is 10.9. The van der Waals surface area contributed by atoms with Gasteiger partial charge in [0.25, 0.3) is 0 Å². The number of hydrogen-bond acceptors (Lipinski definition) is 3. The van der Waals surface area contributed by atoms with Gasteiger partial charge in [-0.05, 0) is 43.5 Å². The Kier molecular flexibility index (Phi) is 3.87. The largest absolute Gasteiger partial charge is 0.493 e. The van der Waals surface area contributed by atoms with Gasteiger partial charge in [-0.1, -0.05) is 0 Å². The van der Waals surface area contributed by atoms with E-state index in [9.17, 15) is 0 Å². The smallest absolute Gasteiger partial charge is 0.122 e. The number of hydrogen-bond donors (Lipinski definition) is 1. The van der Waals surface area contributed by atoms with Crippen LogP contribution in [0.2, 0.25) is 0 Å². The maximum Gasteiger partial charge on any atom is 0.122 e. The molecule has 4 heteroatoms. The van der Waals surface area contributed by atoms with Gasteiger partial charge in [-0.25, -0.2) is 4.98 Å². The first-order chi connectivity index (χ1) is 8.66. The molecule has 0 fully saturated rings. The summed E-state index contributed by atoms with van der Waals surface area (Å²) >= 11 is 0. The quantitative estimate of drug-likeness (QED) is 0.650. The zero-order valence-corrected chi connectivity index (χ0v) is 10.9. The summed E-state index contributed by atoms with van der Waals surface area (Å²) in [7, 11) is 0. The number of nitrogens with zero attached hydrogens (tertiary/aromatic N) is 2. The molecule has 0 radical (unpaired) electrons. The van der Waals surface area contributed by atoms with Crippen LogP contribution in [0.25, 0.3) is 0 Å². The van der Waals surface area contributed by atoms with E-state index in [1.54, 1.807) is 6.20 Å². The Morgan fingerprint density at radius 2 is 2.11 bits per heavy atom. The second kappa shape index (κ2) is 5.58. The van der Waals surface area contributed by atoms with Gasteiger partial charge >= 0.3 is 0 Å². The molecule has 0 saturated heterocycles. The van der Waals surface area contributed by atoms with Crippen LogP contribution in [0.15, 0.2) is 30.9 Å². The van der Waals surface area contributed by atoms with Gasteiger partial charge in [0.05, 0.1) is 12.9 Å². The number of aromatic nitrogens is 2. The number of nitrogens with two attached hydrogens (primary N) is 1. The predicted octanol–water partition coefficient (Wildman–Crippen LogP) is 2.55. The highest BCUT2D eigenvalue weighted by Gasteiger charge is 2.03. The summed E-state index contributed by atoms with van der Waals surface area (Å²) in [5, 5.41) is 0. The molecule has 1 aromatic carbocycles. The third-order valence-corrected chi connectivity index (χ3v) is 2.94. The molecule has 0 spiro atoms. The second-order valence-electron chi connectivity index (χ2n) is 4.48. The molecule has 4 nitrogen and oxygen atoms in total. The molecule has 2 aromatic rings. The first-order valence-corrected chi connectivity index (χ1v) is 6.12. The van der Waals surface area contributed by atoms with Crippen LogP contribution >= 0.6 is 0 Å². The average Bonchev–Trinajstić information content (AvgIpc) is 2.84. The summed E-state index contributed by atoms with van der Waals surface area (Å²) < 4.78 is 7.83. The van der Waals surface area contributed by atoms with Gasteiger partial charge in [0.15, 0.2) is 0 Å². The van der Waals surface area contributed by atoms with Crippen LogP contribution in [0, 0.1) is 13.8 Å². The molecular weight excluding hydrogens is 226 g/mol. The number of ether oxygens (including phenoxy) is 1. The third-order valence-electron chi connectivity index (χ3n) is 2.94. The maximum absolute atomic E-state index is 5.84. The molecular formula is C14H19N3O. The number of benzene rings is 1. The number of rotatable bonds is 5. The van der Waals surface area contributed by atoms with E-state index in [2.05, 4.69) is 4.98 Å². The van der Waals surface area contributed by atoms with E-state index in [0.717, 1.165) is 35.5 Å². The number of anilines is 1. The van der Waals surface area contributed by atoms with Crippen molar-refractivity contribution < 1.29 is 4.74 Å². The van der Waals surface area contributed by atoms with Gasteiger partial charge in [0, 0.05) is 24.6 Å². The van der Waals surface area contributed by atoms with Gasteiger partial charge in [-0.15, -0.1) is 0 Å². The lowest BCUT2D eigenvalue weighted by atomic mass is 10.1. The molecule has 96 valence electrons. The highest BCUT2D eigenvalue weighted by Crippen LogP contribution is 2.24. The summed E-state index contributed by atoms with van der Waals surface area (Å²) in [4.78, 5) is 4.00. The van der Waals surface area contributed by atoms with Crippen molar-refractivity contribution in [3.63, 3.8) is 0 Å². The molecule has 0 aliphatic heterocycles. The van der Waals surface area contributed by atoms with E-state index >= 15 is 0 Å². The molecule has 2 rings (SSSR count). The van der Waals surface area contributed by atoms with Crippen molar-refractivity contribution in [2.24, 2.45) is 0 Å². The Bertz CT molecular complexity index is 506. The first-order valence-electron chi connectivity index (χ1n) is 6.12. The normalized spacial score (nSPS) is 10.6. The molecule has 1 aromatic heterocycles. The van der Waals surface area contributed by atoms with Crippen molar-refractivity contribution in [1.82, 2.24) is 9.55 Å². The van der Waals surface area contributed by atoms with Crippen molar-refractivity contribution in [3.8, 4) is 5.75 Å². The number of nitrogen functional groups attached to an aromatic ring is 1. The minimum Gasteiger partial charge on any atom is -0.493 e. The molecule has 0 unspecified atom stereocenters. The highest BCUT2D eigenvalue weighted by atomic mass is 16.5. The number of imidazole rings is 1. The van der Waals surface area contributed by atoms with Crippen molar-refractivity contribution in [1.29, 1.82) is 0 Å². The lowest BCUT2D eigenvalue weighted by molar-refractivity contribution is 0.300. The van der Waals surface area contributed by atoms with Crippen LogP contribution in [-0.2, 0) is 6.54 Å². The van der Waals surface area contributed by atoms with Crippen LogP contribution < -0.4 is 10.5 Å². The molecule has 0 bridgehead atoms. The molecule has 0 atom stereocenters. The molecule has 0 amide bonds. The van der Waals surface area contributed by atoms with E-state index in [1.807, 2.05) is 43.1 Å². The Balaban J connectivity index is 1.85. The Morgan fingerprint density at radius 1 is 1.28 bits per heavy atom. The summed E-state index contributed by atoms with van der Waals surface area (Å²) in [6, 6.07) is 3.96. The van der Waals surface area contributed by atoms with Crippen molar-refractivity contribution in [3.05, 3.63) is 42.0 Å². The highest BCUT2D eigenvalue weighted by molar-refractivity contribution is 5.53. The maximum atomic E-state index is 5.84. The van der Waals surface area contributed by atoms with Crippen LogP contribution in [-0.4, -0.2) is 16.2 Å². The van der Waals surface area contributed by atoms with Gasteiger partial charge in [0.1, 0.15) is 5.75 Å². The molecule has 0 aliphatic rings. The summed E-state index contributed by atoms with van der Waals surface area (Å²) in [6.45, 7) is 5.63. The minimum absolute atomic E-state index is 0.697. The lowest BCUT2D eigenvalue weighted by Crippen LogP contribution is -2.04. The standard InChI is InChI=1S/C14H19N3O/c1-11-9-14(12(2)8-13(11)15)18-7-3-5-17-6-4-16-10-17/h4,6,8-10H,3,5,7,15H2,1-2H3. The average molecular weight is 245 g/mol. The van der Waals surface area contributed by atoms with Gasteiger partial charge < -0.3 is 15.0 Å². The zero-order chi connectivity index (χ0) is 13.0. The topological polar surface area (TPSA) is 53.1 Å². The van der Waals surface area contributed by atoms with E-state index in [0.29, 0.717) is 6.61 Å². The molecule has 0 aliphatic carbocycles. The van der Waals surface area contributed by atoms with Gasteiger partial charge in [0.2, 0.25) is 0 Å². The molecule has 1 heterocycles. The number of aryl methyl sites for hydroxylation is 3. The van der Waals surface area contributed by atoms with Gasteiger partial charge in [-0.3, -0.25) is 0 Å². The fourth-order valence-electron chi connectivity index (χ4n) is 1.82. The minimum atomic E-state index is 0.697. The van der Waals surface area contributed by atoms with E-state index in [4.69, 9.17) is 10.5 Å². The SMILES string of the molecule is Cc1cc(OCCCn2ccnc2)c(C)cc1N. The van der Waals surface area contributed by atoms with Crippen LogP contribution in [0.5, 0.6) is 5.75 Å². The van der Waals surface area contributed by atoms with Gasteiger partial charge in [-0.2, -0.15) is 0 Å². The van der Waals surface area contributed by atoms with Crippen molar-refractivity contribution >= 4 is 5.69 Å². The van der Waals surface area contributed by atoms with Crippen LogP contribution in [0.4, 0.5) is 5.69 Å². The van der Waals surface area contributed by atoms with E-state index < -0.39 is 0 Å². The van der Waals surface area contributed by atoms with Crippen molar-refractivity contribution in [2.75, 3.05) is 12.3 Å². The molecule has 2 N–H and O–H groups in total. The predicted molar refractivity (Wildman–Crippen MR) is 72.7 cm³/mol. The van der Waals surface area contributed by atoms with Crippen LogP contribution in [0.1, 0.15) is 17.5 Å². The van der Waals surface area contributed by atoms with Crippen LogP contribution in [0.3, 0.4) is 0 Å². The van der Waals surface area contributed by atoms with E-state index in [1.165, 1.54) is 0 Å². The van der Waals surface area contributed by atoms with Crippen molar-refractivity contribution in [2.45, 2.75) is 26.8 Å². The van der Waals surface area contributed by atoms with E-state index in [-0.39, 0.29) is 0 Å².